The van der Waals surface area contributed by atoms with Crippen molar-refractivity contribution in [2.75, 3.05) is 18.4 Å². The number of thiophene rings is 1. The summed E-state index contributed by atoms with van der Waals surface area (Å²) in [5.41, 5.74) is 1.96. The molecule has 4 aromatic rings. The highest BCUT2D eigenvalue weighted by Crippen LogP contribution is 2.55. The van der Waals surface area contributed by atoms with Gasteiger partial charge in [0, 0.05) is 19.1 Å². The number of likely N-dealkylation sites (tertiary alicyclic amines) is 1. The van der Waals surface area contributed by atoms with E-state index in [-0.39, 0.29) is 23.3 Å². The second kappa shape index (κ2) is 8.16. The Kier molecular flexibility index (Phi) is 5.06. The molecule has 2 amide bonds. The Balaban J connectivity index is 1.24. The number of benzene rings is 1. The smallest absolute Gasteiger partial charge is 0.268 e. The molecular formula is C25H24N6O3S. The Morgan fingerprint density at radius 2 is 2.06 bits per heavy atom. The minimum atomic E-state index is -0.230. The molecule has 2 fully saturated rings. The lowest BCUT2D eigenvalue weighted by Crippen LogP contribution is -2.42. The molecule has 178 valence electrons. The number of aromatic nitrogens is 4. The number of carbonyl (C=O) groups is 2. The van der Waals surface area contributed by atoms with E-state index in [4.69, 9.17) is 9.51 Å². The maximum atomic E-state index is 13.1. The van der Waals surface area contributed by atoms with Crippen molar-refractivity contribution in [2.45, 2.75) is 32.2 Å². The van der Waals surface area contributed by atoms with Crippen LogP contribution >= 0.6 is 11.3 Å². The molecule has 1 spiro atoms. The highest BCUT2D eigenvalue weighted by atomic mass is 32.1. The van der Waals surface area contributed by atoms with Crippen LogP contribution in [0.25, 0.3) is 21.8 Å². The van der Waals surface area contributed by atoms with Crippen molar-refractivity contribution in [3.8, 4) is 10.8 Å². The van der Waals surface area contributed by atoms with Gasteiger partial charge in [0.2, 0.25) is 11.9 Å². The van der Waals surface area contributed by atoms with Crippen molar-refractivity contribution in [1.29, 1.82) is 0 Å². The number of para-hydroxylation sites is 2. The molecule has 1 saturated carbocycles. The Labute approximate surface area is 205 Å². The van der Waals surface area contributed by atoms with Gasteiger partial charge in [0.25, 0.3) is 11.8 Å². The highest BCUT2D eigenvalue weighted by Gasteiger charge is 2.50. The molecule has 9 nitrogen and oxygen atoms in total. The molecule has 1 aliphatic carbocycles. The third-order valence-corrected chi connectivity index (χ3v) is 8.09. The van der Waals surface area contributed by atoms with Crippen LogP contribution in [0.15, 0.2) is 53.6 Å². The minimum absolute atomic E-state index is 0.00244. The fourth-order valence-corrected chi connectivity index (χ4v) is 6.17. The Bertz CT molecular complexity index is 1460. The number of rotatable bonds is 5. The number of hydrogen-bond acceptors (Lipinski definition) is 7. The molecule has 35 heavy (non-hydrogen) atoms. The van der Waals surface area contributed by atoms with Crippen LogP contribution in [0.4, 0.5) is 5.95 Å². The standard InChI is InChI=1S/C25H24N6O3S/c1-3-21(32)30-11-10-25(14-30)12-16(13-25)31-18-7-5-4-6-17(18)27-24(31)28-22(33)19-8-9-20(35-19)23-26-15(2)29-34-23/h3-9,16H,1,10-14H2,2H3,(H,27,28,33)/t16-,25-. The minimum Gasteiger partial charge on any atom is -0.339 e. The van der Waals surface area contributed by atoms with Crippen molar-refractivity contribution < 1.29 is 14.1 Å². The molecule has 2 aliphatic rings. The van der Waals surface area contributed by atoms with Crippen LogP contribution in [0.3, 0.4) is 0 Å². The van der Waals surface area contributed by atoms with E-state index in [1.165, 1.54) is 17.4 Å². The van der Waals surface area contributed by atoms with Crippen LogP contribution in [0, 0.1) is 12.3 Å². The average Bonchev–Trinajstić information content (AvgIpc) is 3.61. The molecule has 10 heteroatoms. The van der Waals surface area contributed by atoms with Crippen molar-refractivity contribution in [3.05, 3.63) is 59.8 Å². The third-order valence-electron chi connectivity index (χ3n) is 7.02. The Hall–Kier alpha value is -3.79. The summed E-state index contributed by atoms with van der Waals surface area (Å²) in [6.07, 6.45) is 4.26. The molecule has 3 aromatic heterocycles. The topological polar surface area (TPSA) is 106 Å². The van der Waals surface area contributed by atoms with Gasteiger partial charge < -0.3 is 14.0 Å². The Morgan fingerprint density at radius 3 is 2.83 bits per heavy atom. The zero-order chi connectivity index (χ0) is 24.2. The van der Waals surface area contributed by atoms with Gasteiger partial charge in [-0.05, 0) is 61.9 Å². The van der Waals surface area contributed by atoms with E-state index in [0.717, 1.165) is 48.3 Å². The molecule has 0 unspecified atom stereocenters. The van der Waals surface area contributed by atoms with Gasteiger partial charge in [0.05, 0.1) is 20.8 Å². The van der Waals surface area contributed by atoms with E-state index >= 15 is 0 Å². The summed E-state index contributed by atoms with van der Waals surface area (Å²) in [6, 6.07) is 11.7. The summed E-state index contributed by atoms with van der Waals surface area (Å²) < 4.78 is 7.37. The molecule has 0 bridgehead atoms. The number of fused-ring (bicyclic) bond motifs is 1. The number of aryl methyl sites for hydroxylation is 1. The average molecular weight is 489 g/mol. The number of amides is 2. The van der Waals surface area contributed by atoms with E-state index in [1.54, 1.807) is 13.0 Å². The van der Waals surface area contributed by atoms with Gasteiger partial charge in [-0.3, -0.25) is 14.9 Å². The molecule has 6 rings (SSSR count). The Morgan fingerprint density at radius 1 is 1.23 bits per heavy atom. The summed E-state index contributed by atoms with van der Waals surface area (Å²) in [4.78, 5) is 37.3. The lowest BCUT2D eigenvalue weighted by atomic mass is 9.65. The van der Waals surface area contributed by atoms with Crippen LogP contribution in [-0.4, -0.2) is 49.5 Å². The number of nitrogens with zero attached hydrogens (tertiary/aromatic N) is 5. The highest BCUT2D eigenvalue weighted by molar-refractivity contribution is 7.17. The van der Waals surface area contributed by atoms with Crippen molar-refractivity contribution in [1.82, 2.24) is 24.6 Å². The number of anilines is 1. The predicted octanol–water partition coefficient (Wildman–Crippen LogP) is 4.45. The normalized spacial score (nSPS) is 21.4. The first kappa shape index (κ1) is 21.7. The van der Waals surface area contributed by atoms with Crippen LogP contribution in [0.5, 0.6) is 0 Å². The summed E-state index contributed by atoms with van der Waals surface area (Å²) in [5, 5.41) is 6.84. The summed E-state index contributed by atoms with van der Waals surface area (Å²) in [7, 11) is 0. The lowest BCUT2D eigenvalue weighted by molar-refractivity contribution is -0.125. The second-order valence-electron chi connectivity index (χ2n) is 9.33. The van der Waals surface area contributed by atoms with Crippen LogP contribution in [-0.2, 0) is 4.79 Å². The second-order valence-corrected chi connectivity index (χ2v) is 10.4. The summed E-state index contributed by atoms with van der Waals surface area (Å²) >= 11 is 1.30. The van der Waals surface area contributed by atoms with E-state index < -0.39 is 0 Å². The fourth-order valence-electron chi connectivity index (χ4n) is 5.35. The third kappa shape index (κ3) is 3.74. The van der Waals surface area contributed by atoms with Crippen LogP contribution in [0.2, 0.25) is 0 Å². The first-order valence-corrected chi connectivity index (χ1v) is 12.4. The maximum absolute atomic E-state index is 13.1. The van der Waals surface area contributed by atoms with Gasteiger partial charge in [-0.15, -0.1) is 11.3 Å². The molecule has 0 radical (unpaired) electrons. The predicted molar refractivity (Wildman–Crippen MR) is 132 cm³/mol. The van der Waals surface area contributed by atoms with Gasteiger partial charge in [-0.2, -0.15) is 4.98 Å². The zero-order valence-electron chi connectivity index (χ0n) is 19.2. The quantitative estimate of drug-likeness (QED) is 0.416. The number of nitrogens with one attached hydrogen (secondary N) is 1. The molecule has 1 aliphatic heterocycles. The van der Waals surface area contributed by atoms with Gasteiger partial charge in [0.1, 0.15) is 0 Å². The lowest BCUT2D eigenvalue weighted by Gasteiger charge is -2.46. The van der Waals surface area contributed by atoms with Crippen molar-refractivity contribution in [2.24, 2.45) is 5.41 Å². The number of hydrogen-bond donors (Lipinski definition) is 1. The first-order chi connectivity index (χ1) is 16.9. The molecular weight excluding hydrogens is 464 g/mol. The van der Waals surface area contributed by atoms with E-state index in [0.29, 0.717) is 22.5 Å². The van der Waals surface area contributed by atoms with E-state index in [9.17, 15) is 9.59 Å². The van der Waals surface area contributed by atoms with Gasteiger partial charge >= 0.3 is 0 Å². The number of imidazole rings is 1. The van der Waals surface area contributed by atoms with Crippen LogP contribution in [0.1, 0.15) is 40.8 Å². The molecule has 1 N–H and O–H groups in total. The van der Waals surface area contributed by atoms with Crippen molar-refractivity contribution in [3.63, 3.8) is 0 Å². The van der Waals surface area contributed by atoms with E-state index in [1.807, 2.05) is 35.2 Å². The summed E-state index contributed by atoms with van der Waals surface area (Å²) in [6.45, 7) is 6.90. The molecule has 0 atom stereocenters. The van der Waals surface area contributed by atoms with Crippen LogP contribution < -0.4 is 5.32 Å². The largest absolute Gasteiger partial charge is 0.339 e. The monoisotopic (exact) mass is 488 g/mol. The summed E-state index contributed by atoms with van der Waals surface area (Å²) in [5.74, 6) is 1.26. The van der Waals surface area contributed by atoms with Gasteiger partial charge in [-0.1, -0.05) is 23.9 Å². The molecule has 4 heterocycles. The van der Waals surface area contributed by atoms with Gasteiger partial charge in [0.15, 0.2) is 5.82 Å². The SMILES string of the molecule is C=CC(=O)N1CC[C@]2(C1)C[C@H](n1c(NC(=O)c3ccc(-c4nc(C)no4)s3)nc3ccccc31)C2. The number of carbonyl (C=O) groups excluding carboxylic acids is 2. The van der Waals surface area contributed by atoms with E-state index in [2.05, 4.69) is 26.6 Å². The van der Waals surface area contributed by atoms with Crippen molar-refractivity contribution >= 4 is 40.1 Å². The maximum Gasteiger partial charge on any atom is 0.268 e. The zero-order valence-corrected chi connectivity index (χ0v) is 20.0. The molecule has 1 saturated heterocycles. The fraction of sp³-hybridized carbons (Fsp3) is 0.320. The van der Waals surface area contributed by atoms with Gasteiger partial charge in [-0.25, -0.2) is 4.98 Å². The first-order valence-electron chi connectivity index (χ1n) is 11.5. The molecule has 1 aromatic carbocycles.